The molecule has 1 amide bonds. The van der Waals surface area contributed by atoms with Gasteiger partial charge in [-0.3, -0.25) is 9.69 Å². The molecule has 0 saturated carbocycles. The van der Waals surface area contributed by atoms with Crippen LogP contribution in [0.1, 0.15) is 27.7 Å². The van der Waals surface area contributed by atoms with Crippen molar-refractivity contribution in [3.8, 4) is 0 Å². The topological polar surface area (TPSA) is 58.4 Å². The smallest absolute Gasteiger partial charge is 0.241 e. The van der Waals surface area contributed by atoms with Crippen molar-refractivity contribution in [3.63, 3.8) is 0 Å². The first-order valence-corrected chi connectivity index (χ1v) is 6.48. The first-order valence-electron chi connectivity index (χ1n) is 6.48. The van der Waals surface area contributed by atoms with E-state index in [4.69, 9.17) is 5.73 Å². The van der Waals surface area contributed by atoms with Crippen LogP contribution >= 0.6 is 0 Å². The second-order valence-corrected chi connectivity index (χ2v) is 4.83. The van der Waals surface area contributed by atoms with Crippen LogP contribution in [0.15, 0.2) is 18.2 Å². The van der Waals surface area contributed by atoms with Gasteiger partial charge in [-0.2, -0.15) is 0 Å². The van der Waals surface area contributed by atoms with Gasteiger partial charge >= 0.3 is 0 Å². The van der Waals surface area contributed by atoms with Crippen molar-refractivity contribution >= 4 is 17.3 Å². The van der Waals surface area contributed by atoms with Gasteiger partial charge in [-0.1, -0.05) is 6.92 Å². The number of nitrogen functional groups attached to an aromatic ring is 1. The zero-order valence-electron chi connectivity index (χ0n) is 11.9. The Balaban J connectivity index is 2.75. The predicted molar refractivity (Wildman–Crippen MR) is 76.4 cm³/mol. The number of hydrogen-bond acceptors (Lipinski definition) is 3. The van der Waals surface area contributed by atoms with E-state index in [1.165, 1.54) is 18.2 Å². The van der Waals surface area contributed by atoms with Gasteiger partial charge in [0.2, 0.25) is 5.91 Å². The molecule has 0 aliphatic carbocycles. The van der Waals surface area contributed by atoms with E-state index in [9.17, 15) is 9.18 Å². The molecule has 0 aromatic heterocycles. The summed E-state index contributed by atoms with van der Waals surface area (Å²) < 4.78 is 13.0. The Morgan fingerprint density at radius 3 is 2.53 bits per heavy atom. The van der Waals surface area contributed by atoms with Gasteiger partial charge in [0, 0.05) is 11.7 Å². The Morgan fingerprint density at radius 1 is 1.42 bits per heavy atom. The lowest BCUT2D eigenvalue weighted by Crippen LogP contribution is -2.45. The molecule has 0 saturated heterocycles. The van der Waals surface area contributed by atoms with Crippen molar-refractivity contribution in [1.29, 1.82) is 0 Å². The normalized spacial score (nSPS) is 12.8. The van der Waals surface area contributed by atoms with E-state index in [1.807, 2.05) is 27.7 Å². The molecule has 0 fully saturated rings. The summed E-state index contributed by atoms with van der Waals surface area (Å²) in [5.74, 6) is -0.607. The van der Waals surface area contributed by atoms with Crippen LogP contribution in [-0.2, 0) is 4.79 Å². The number of rotatable bonds is 5. The molecule has 0 bridgehead atoms. The van der Waals surface area contributed by atoms with Crippen LogP contribution < -0.4 is 11.1 Å². The fourth-order valence-corrected chi connectivity index (χ4v) is 2.11. The van der Waals surface area contributed by atoms with Crippen LogP contribution in [0.5, 0.6) is 0 Å². The quantitative estimate of drug-likeness (QED) is 0.806. The Kier molecular flexibility index (Phi) is 5.30. The van der Waals surface area contributed by atoms with Crippen molar-refractivity contribution in [2.24, 2.45) is 0 Å². The maximum absolute atomic E-state index is 13.0. The lowest BCUT2D eigenvalue weighted by Gasteiger charge is -2.30. The van der Waals surface area contributed by atoms with Crippen LogP contribution in [0.3, 0.4) is 0 Å². The predicted octanol–water partition coefficient (Wildman–Crippen LogP) is 2.47. The van der Waals surface area contributed by atoms with Crippen LogP contribution in [-0.4, -0.2) is 29.4 Å². The van der Waals surface area contributed by atoms with Crippen LogP contribution in [0.25, 0.3) is 0 Å². The molecule has 0 spiro atoms. The molecule has 1 rings (SSSR count). The van der Waals surface area contributed by atoms with E-state index in [2.05, 4.69) is 10.2 Å². The summed E-state index contributed by atoms with van der Waals surface area (Å²) in [6.07, 6.45) is 0. The summed E-state index contributed by atoms with van der Waals surface area (Å²) in [4.78, 5) is 14.2. The second-order valence-electron chi connectivity index (χ2n) is 4.83. The summed E-state index contributed by atoms with van der Waals surface area (Å²) in [6.45, 7) is 8.75. The molecule has 3 N–H and O–H groups in total. The van der Waals surface area contributed by atoms with Gasteiger partial charge in [-0.05, 0) is 45.5 Å². The highest BCUT2D eigenvalue weighted by molar-refractivity contribution is 5.94. The van der Waals surface area contributed by atoms with Gasteiger partial charge < -0.3 is 11.1 Å². The molecule has 1 aromatic rings. The van der Waals surface area contributed by atoms with Gasteiger partial charge in [0.05, 0.1) is 11.7 Å². The van der Waals surface area contributed by atoms with Gasteiger partial charge in [-0.25, -0.2) is 4.39 Å². The molecule has 4 nitrogen and oxygen atoms in total. The summed E-state index contributed by atoms with van der Waals surface area (Å²) in [5, 5.41) is 2.75. The third kappa shape index (κ3) is 3.92. The minimum atomic E-state index is -0.483. The lowest BCUT2D eigenvalue weighted by molar-refractivity contribution is -0.121. The molecule has 1 aromatic carbocycles. The van der Waals surface area contributed by atoms with E-state index >= 15 is 0 Å². The number of anilines is 2. The van der Waals surface area contributed by atoms with Gasteiger partial charge in [0.25, 0.3) is 0 Å². The molecular weight excluding hydrogens is 245 g/mol. The average Bonchev–Trinajstić information content (AvgIpc) is 2.34. The number of benzene rings is 1. The molecule has 0 radical (unpaired) electrons. The Bertz CT molecular complexity index is 448. The largest absolute Gasteiger partial charge is 0.396 e. The zero-order valence-corrected chi connectivity index (χ0v) is 11.9. The van der Waals surface area contributed by atoms with Gasteiger partial charge in [0.1, 0.15) is 5.82 Å². The third-order valence-corrected chi connectivity index (χ3v) is 3.17. The van der Waals surface area contributed by atoms with Gasteiger partial charge in [0.15, 0.2) is 0 Å². The van der Waals surface area contributed by atoms with E-state index in [-0.39, 0.29) is 23.7 Å². The Morgan fingerprint density at radius 2 is 2.05 bits per heavy atom. The average molecular weight is 267 g/mol. The van der Waals surface area contributed by atoms with Gasteiger partial charge in [-0.15, -0.1) is 0 Å². The van der Waals surface area contributed by atoms with Crippen LogP contribution in [0.2, 0.25) is 0 Å². The molecule has 5 heteroatoms. The van der Waals surface area contributed by atoms with E-state index in [1.54, 1.807) is 0 Å². The molecule has 106 valence electrons. The molecule has 1 unspecified atom stereocenters. The minimum absolute atomic E-state index is 0.0293. The summed E-state index contributed by atoms with van der Waals surface area (Å²) in [5.41, 5.74) is 6.01. The van der Waals surface area contributed by atoms with Crippen molar-refractivity contribution in [3.05, 3.63) is 24.0 Å². The molecule has 19 heavy (non-hydrogen) atoms. The van der Waals surface area contributed by atoms with Crippen LogP contribution in [0.4, 0.5) is 15.8 Å². The maximum atomic E-state index is 13.0. The van der Waals surface area contributed by atoms with E-state index < -0.39 is 5.82 Å². The first kappa shape index (κ1) is 15.4. The monoisotopic (exact) mass is 267 g/mol. The molecule has 0 aliphatic heterocycles. The number of nitrogens with zero attached hydrogens (tertiary/aromatic N) is 1. The Labute approximate surface area is 113 Å². The maximum Gasteiger partial charge on any atom is 0.241 e. The highest BCUT2D eigenvalue weighted by Gasteiger charge is 2.22. The second kappa shape index (κ2) is 6.52. The first-order chi connectivity index (χ1) is 8.86. The number of nitrogens with one attached hydrogen (secondary N) is 1. The molecule has 1 atom stereocenters. The number of hydrogen-bond donors (Lipinski definition) is 2. The fraction of sp³-hybridized carbons (Fsp3) is 0.500. The van der Waals surface area contributed by atoms with E-state index in [0.717, 1.165) is 6.54 Å². The Hall–Kier alpha value is -1.62. The minimum Gasteiger partial charge on any atom is -0.396 e. The number of amides is 1. The standard InChI is InChI=1S/C14H22FN3O/c1-5-18(9(2)3)10(4)14(19)17-11-6-7-12(15)13(16)8-11/h6-10H,5,16H2,1-4H3,(H,17,19). The molecule has 0 heterocycles. The van der Waals surface area contributed by atoms with Crippen LogP contribution in [0, 0.1) is 5.82 Å². The summed E-state index contributed by atoms with van der Waals surface area (Å²) in [6, 6.07) is 4.20. The summed E-state index contributed by atoms with van der Waals surface area (Å²) >= 11 is 0. The highest BCUT2D eigenvalue weighted by Crippen LogP contribution is 2.17. The van der Waals surface area contributed by atoms with Crippen molar-refractivity contribution < 1.29 is 9.18 Å². The van der Waals surface area contributed by atoms with Crippen molar-refractivity contribution in [1.82, 2.24) is 4.90 Å². The third-order valence-electron chi connectivity index (χ3n) is 3.17. The number of halogens is 1. The lowest BCUT2D eigenvalue weighted by atomic mass is 10.2. The SMILES string of the molecule is CCN(C(C)C)C(C)C(=O)Nc1ccc(F)c(N)c1. The molecule has 0 aliphatic rings. The fourth-order valence-electron chi connectivity index (χ4n) is 2.11. The summed E-state index contributed by atoms with van der Waals surface area (Å²) in [7, 11) is 0. The van der Waals surface area contributed by atoms with E-state index in [0.29, 0.717) is 5.69 Å². The van der Waals surface area contributed by atoms with Crippen molar-refractivity contribution in [2.75, 3.05) is 17.6 Å². The number of carbonyl (C=O) groups excluding carboxylic acids is 1. The number of likely N-dealkylation sites (N-methyl/N-ethyl adjacent to an activating group) is 1. The van der Waals surface area contributed by atoms with Crippen molar-refractivity contribution in [2.45, 2.75) is 39.8 Å². The zero-order chi connectivity index (χ0) is 14.6. The number of carbonyl (C=O) groups is 1. The highest BCUT2D eigenvalue weighted by atomic mass is 19.1. The number of nitrogens with two attached hydrogens (primary N) is 1. The molecular formula is C14H22FN3O.